The molecule has 2 aromatic rings. The number of nitrogens with one attached hydrogen (secondary N) is 1. The Morgan fingerprint density at radius 1 is 1.15 bits per heavy atom. The first kappa shape index (κ1) is 14.4. The molecule has 0 heterocycles. The van der Waals surface area contributed by atoms with Gasteiger partial charge in [0.2, 0.25) is 5.91 Å². The summed E-state index contributed by atoms with van der Waals surface area (Å²) in [4.78, 5) is 11.2. The van der Waals surface area contributed by atoms with E-state index in [2.05, 4.69) is 17.4 Å². The summed E-state index contributed by atoms with van der Waals surface area (Å²) in [5.41, 5.74) is 7.79. The van der Waals surface area contributed by atoms with E-state index in [0.717, 1.165) is 25.1 Å². The lowest BCUT2D eigenvalue weighted by Crippen LogP contribution is -2.12. The lowest BCUT2D eigenvalue weighted by molar-refractivity contribution is 0.100. The molecule has 4 heteroatoms. The highest BCUT2D eigenvalue weighted by Gasteiger charge is 2.07. The molecule has 0 radical (unpaired) electrons. The Morgan fingerprint density at radius 2 is 1.90 bits per heavy atom. The summed E-state index contributed by atoms with van der Waals surface area (Å²) in [6, 6.07) is 15.6. The highest BCUT2D eigenvalue weighted by atomic mass is 35.5. The van der Waals surface area contributed by atoms with E-state index < -0.39 is 5.91 Å². The van der Waals surface area contributed by atoms with Crippen molar-refractivity contribution in [1.82, 2.24) is 0 Å². The van der Waals surface area contributed by atoms with Crippen LogP contribution in [0.2, 0.25) is 5.02 Å². The number of nitrogens with two attached hydrogens (primary N) is 1. The average Bonchev–Trinajstić information content (AvgIpc) is 2.46. The smallest absolute Gasteiger partial charge is 0.250 e. The van der Waals surface area contributed by atoms with Crippen LogP contribution in [-0.2, 0) is 6.42 Å². The first-order chi connectivity index (χ1) is 9.66. The van der Waals surface area contributed by atoms with E-state index in [4.69, 9.17) is 17.3 Å². The minimum absolute atomic E-state index is 0.347. The number of carbonyl (C=O) groups is 1. The highest BCUT2D eigenvalue weighted by Crippen LogP contribution is 2.20. The third-order valence-corrected chi connectivity index (χ3v) is 3.38. The van der Waals surface area contributed by atoms with E-state index in [1.807, 2.05) is 24.3 Å². The lowest BCUT2D eigenvalue weighted by Gasteiger charge is -2.08. The van der Waals surface area contributed by atoms with Gasteiger partial charge in [-0.05, 0) is 36.6 Å². The Morgan fingerprint density at radius 3 is 2.60 bits per heavy atom. The van der Waals surface area contributed by atoms with Crippen LogP contribution in [0.5, 0.6) is 0 Å². The molecule has 0 bridgehead atoms. The molecule has 3 N–H and O–H groups in total. The van der Waals surface area contributed by atoms with E-state index in [9.17, 15) is 4.79 Å². The van der Waals surface area contributed by atoms with Crippen molar-refractivity contribution in [3.8, 4) is 0 Å². The number of benzene rings is 2. The molecular weight excluding hydrogens is 272 g/mol. The van der Waals surface area contributed by atoms with Crippen LogP contribution in [0.15, 0.2) is 48.5 Å². The summed E-state index contributed by atoms with van der Waals surface area (Å²) in [6.07, 6.45) is 2.03. The molecule has 0 saturated carbocycles. The maximum atomic E-state index is 11.2. The SMILES string of the molecule is NC(=O)c1cc(NCCCc2ccccc2)ccc1Cl. The predicted molar refractivity (Wildman–Crippen MR) is 83.2 cm³/mol. The highest BCUT2D eigenvalue weighted by molar-refractivity contribution is 6.33. The maximum absolute atomic E-state index is 11.2. The standard InChI is InChI=1S/C16H17ClN2O/c17-15-9-8-13(11-14(15)16(18)20)19-10-4-7-12-5-2-1-3-6-12/h1-3,5-6,8-9,11,19H,4,7,10H2,(H2,18,20). The van der Waals surface area contributed by atoms with Gasteiger partial charge in [-0.2, -0.15) is 0 Å². The second kappa shape index (κ2) is 6.96. The van der Waals surface area contributed by atoms with Crippen LogP contribution in [-0.4, -0.2) is 12.5 Å². The third-order valence-electron chi connectivity index (χ3n) is 3.05. The topological polar surface area (TPSA) is 55.1 Å². The summed E-state index contributed by atoms with van der Waals surface area (Å²) in [6.45, 7) is 0.828. The Hall–Kier alpha value is -2.00. The number of halogens is 1. The van der Waals surface area contributed by atoms with Crippen molar-refractivity contribution in [2.24, 2.45) is 5.73 Å². The zero-order valence-electron chi connectivity index (χ0n) is 11.1. The molecule has 20 heavy (non-hydrogen) atoms. The van der Waals surface area contributed by atoms with Crippen molar-refractivity contribution in [3.05, 3.63) is 64.7 Å². The third kappa shape index (κ3) is 4.00. The number of anilines is 1. The number of rotatable bonds is 6. The predicted octanol–water partition coefficient (Wildman–Crippen LogP) is 3.48. The summed E-state index contributed by atoms with van der Waals surface area (Å²) in [7, 11) is 0. The van der Waals surface area contributed by atoms with Crippen molar-refractivity contribution in [3.63, 3.8) is 0 Å². The van der Waals surface area contributed by atoms with Crippen LogP contribution in [0.4, 0.5) is 5.69 Å². The van der Waals surface area contributed by atoms with Crippen molar-refractivity contribution in [1.29, 1.82) is 0 Å². The van der Waals surface area contributed by atoms with Gasteiger partial charge in [0.25, 0.3) is 0 Å². The molecule has 0 atom stereocenters. The number of hydrogen-bond donors (Lipinski definition) is 2. The Balaban J connectivity index is 1.85. The molecule has 0 spiro atoms. The van der Waals surface area contributed by atoms with E-state index >= 15 is 0 Å². The second-order valence-electron chi connectivity index (χ2n) is 4.57. The summed E-state index contributed by atoms with van der Waals surface area (Å²) in [5.74, 6) is -0.511. The molecule has 0 aromatic heterocycles. The molecule has 0 fully saturated rings. The van der Waals surface area contributed by atoms with E-state index in [-0.39, 0.29) is 0 Å². The van der Waals surface area contributed by atoms with Crippen LogP contribution >= 0.6 is 11.6 Å². The van der Waals surface area contributed by atoms with Gasteiger partial charge >= 0.3 is 0 Å². The molecular formula is C16H17ClN2O. The van der Waals surface area contributed by atoms with Crippen molar-refractivity contribution in [2.45, 2.75) is 12.8 Å². The number of aryl methyl sites for hydroxylation is 1. The maximum Gasteiger partial charge on any atom is 0.250 e. The first-order valence-corrected chi connectivity index (χ1v) is 6.92. The van der Waals surface area contributed by atoms with Gasteiger partial charge in [0, 0.05) is 12.2 Å². The summed E-state index contributed by atoms with van der Waals surface area (Å²) < 4.78 is 0. The molecule has 2 aromatic carbocycles. The van der Waals surface area contributed by atoms with Crippen LogP contribution in [0, 0.1) is 0 Å². The number of carbonyl (C=O) groups excluding carboxylic acids is 1. The fraction of sp³-hybridized carbons (Fsp3) is 0.188. The second-order valence-corrected chi connectivity index (χ2v) is 4.98. The van der Waals surface area contributed by atoms with Crippen LogP contribution in [0.25, 0.3) is 0 Å². The molecule has 1 amide bonds. The largest absolute Gasteiger partial charge is 0.385 e. The van der Waals surface area contributed by atoms with Crippen LogP contribution < -0.4 is 11.1 Å². The molecule has 104 valence electrons. The Kier molecular flexibility index (Phi) is 5.02. The van der Waals surface area contributed by atoms with E-state index in [1.54, 1.807) is 12.1 Å². The fourth-order valence-electron chi connectivity index (χ4n) is 1.99. The van der Waals surface area contributed by atoms with Gasteiger partial charge in [-0.25, -0.2) is 0 Å². The van der Waals surface area contributed by atoms with E-state index in [1.165, 1.54) is 5.56 Å². The van der Waals surface area contributed by atoms with Gasteiger partial charge in [-0.1, -0.05) is 41.9 Å². The minimum atomic E-state index is -0.511. The van der Waals surface area contributed by atoms with Gasteiger partial charge in [-0.15, -0.1) is 0 Å². The summed E-state index contributed by atoms with van der Waals surface area (Å²) in [5, 5.41) is 3.65. The Labute approximate surface area is 123 Å². The van der Waals surface area contributed by atoms with Gasteiger partial charge in [0.15, 0.2) is 0 Å². The van der Waals surface area contributed by atoms with E-state index in [0.29, 0.717) is 10.6 Å². The minimum Gasteiger partial charge on any atom is -0.385 e. The average molecular weight is 289 g/mol. The zero-order valence-corrected chi connectivity index (χ0v) is 11.9. The molecule has 0 unspecified atom stereocenters. The van der Waals surface area contributed by atoms with Crippen molar-refractivity contribution in [2.75, 3.05) is 11.9 Å². The van der Waals surface area contributed by atoms with Crippen molar-refractivity contribution >= 4 is 23.2 Å². The van der Waals surface area contributed by atoms with Crippen LogP contribution in [0.1, 0.15) is 22.3 Å². The monoisotopic (exact) mass is 288 g/mol. The van der Waals surface area contributed by atoms with Gasteiger partial charge in [-0.3, -0.25) is 4.79 Å². The van der Waals surface area contributed by atoms with Crippen LogP contribution in [0.3, 0.4) is 0 Å². The molecule has 3 nitrogen and oxygen atoms in total. The number of hydrogen-bond acceptors (Lipinski definition) is 2. The van der Waals surface area contributed by atoms with Gasteiger partial charge in [0.05, 0.1) is 10.6 Å². The normalized spacial score (nSPS) is 10.2. The zero-order chi connectivity index (χ0) is 14.4. The Bertz CT molecular complexity index is 584. The fourth-order valence-corrected chi connectivity index (χ4v) is 2.20. The lowest BCUT2D eigenvalue weighted by atomic mass is 10.1. The van der Waals surface area contributed by atoms with Crippen molar-refractivity contribution < 1.29 is 4.79 Å². The van der Waals surface area contributed by atoms with Gasteiger partial charge in [0.1, 0.15) is 0 Å². The van der Waals surface area contributed by atoms with Gasteiger partial charge < -0.3 is 11.1 Å². The molecule has 0 aliphatic carbocycles. The quantitative estimate of drug-likeness (QED) is 0.800. The molecule has 2 rings (SSSR count). The number of primary amides is 1. The first-order valence-electron chi connectivity index (χ1n) is 6.54. The molecule has 0 saturated heterocycles. The summed E-state index contributed by atoms with van der Waals surface area (Å²) >= 11 is 5.90. The number of amides is 1. The molecule has 0 aliphatic rings. The molecule has 0 aliphatic heterocycles.